The smallest absolute Gasteiger partial charge is 0.248 e. The first-order valence-corrected chi connectivity index (χ1v) is 5.93. The highest BCUT2D eigenvalue weighted by Gasteiger charge is 2.02. The Hall–Kier alpha value is -2.35. The van der Waals surface area contributed by atoms with E-state index in [9.17, 15) is 4.79 Å². The Morgan fingerprint density at radius 3 is 2.61 bits per heavy atom. The second kappa shape index (κ2) is 4.15. The summed E-state index contributed by atoms with van der Waals surface area (Å²) >= 11 is 0. The van der Waals surface area contributed by atoms with Crippen molar-refractivity contribution in [3.05, 3.63) is 70.5 Å². The summed E-state index contributed by atoms with van der Waals surface area (Å²) in [6, 6.07) is 17.8. The lowest BCUT2D eigenvalue weighted by atomic mass is 9.99. The third-order valence-corrected chi connectivity index (χ3v) is 3.18. The van der Waals surface area contributed by atoms with Gasteiger partial charge in [-0.3, -0.25) is 4.79 Å². The van der Waals surface area contributed by atoms with Gasteiger partial charge in [0, 0.05) is 11.6 Å². The first kappa shape index (κ1) is 10.8. The molecule has 0 saturated heterocycles. The molecular weight excluding hydrogens is 222 g/mol. The van der Waals surface area contributed by atoms with Crippen LogP contribution in [0.25, 0.3) is 22.0 Å². The molecule has 0 aliphatic heterocycles. The Kier molecular flexibility index (Phi) is 2.49. The number of fused-ring (bicyclic) bond motifs is 1. The van der Waals surface area contributed by atoms with E-state index < -0.39 is 0 Å². The largest absolute Gasteiger partial charge is 0.322 e. The minimum Gasteiger partial charge on any atom is -0.322 e. The van der Waals surface area contributed by atoms with Gasteiger partial charge in [0.1, 0.15) is 0 Å². The van der Waals surface area contributed by atoms with Crippen LogP contribution in [-0.2, 0) is 0 Å². The summed E-state index contributed by atoms with van der Waals surface area (Å²) in [6.45, 7) is 2.10. The molecule has 1 N–H and O–H groups in total. The molecule has 0 spiro atoms. The van der Waals surface area contributed by atoms with Gasteiger partial charge in [-0.05, 0) is 47.2 Å². The van der Waals surface area contributed by atoms with Crippen LogP contribution in [-0.4, -0.2) is 4.98 Å². The van der Waals surface area contributed by atoms with Gasteiger partial charge in [-0.25, -0.2) is 0 Å². The van der Waals surface area contributed by atoms with Crippen molar-refractivity contribution in [1.82, 2.24) is 4.98 Å². The van der Waals surface area contributed by atoms with Crippen LogP contribution in [0.1, 0.15) is 5.56 Å². The van der Waals surface area contributed by atoms with Gasteiger partial charge in [-0.1, -0.05) is 30.3 Å². The maximum Gasteiger partial charge on any atom is 0.248 e. The second-order valence-corrected chi connectivity index (χ2v) is 4.44. The number of aromatic nitrogens is 1. The van der Waals surface area contributed by atoms with Crippen molar-refractivity contribution < 1.29 is 0 Å². The molecule has 18 heavy (non-hydrogen) atoms. The highest BCUT2D eigenvalue weighted by molar-refractivity contribution is 5.84. The third-order valence-electron chi connectivity index (χ3n) is 3.18. The predicted molar refractivity (Wildman–Crippen MR) is 74.7 cm³/mol. The molecule has 3 aromatic rings. The number of benzene rings is 2. The fourth-order valence-corrected chi connectivity index (χ4v) is 2.22. The summed E-state index contributed by atoms with van der Waals surface area (Å²) in [5.41, 5.74) is 4.46. The monoisotopic (exact) mass is 235 g/mol. The van der Waals surface area contributed by atoms with Crippen molar-refractivity contribution in [2.45, 2.75) is 6.92 Å². The van der Waals surface area contributed by atoms with E-state index in [1.54, 1.807) is 6.07 Å². The van der Waals surface area contributed by atoms with Crippen molar-refractivity contribution in [2.75, 3.05) is 0 Å². The molecule has 0 fully saturated rings. The Labute approximate surface area is 105 Å². The van der Waals surface area contributed by atoms with E-state index in [0.717, 1.165) is 10.9 Å². The number of hydrogen-bond acceptors (Lipinski definition) is 1. The predicted octanol–water partition coefficient (Wildman–Crippen LogP) is 3.50. The van der Waals surface area contributed by atoms with Gasteiger partial charge >= 0.3 is 0 Å². The van der Waals surface area contributed by atoms with Crippen LogP contribution in [0.4, 0.5) is 0 Å². The number of aromatic amines is 1. The molecule has 0 amide bonds. The highest BCUT2D eigenvalue weighted by Crippen LogP contribution is 2.25. The fourth-order valence-electron chi connectivity index (χ4n) is 2.22. The number of rotatable bonds is 1. The number of pyridine rings is 1. The maximum atomic E-state index is 11.2. The second-order valence-electron chi connectivity index (χ2n) is 4.44. The molecule has 2 nitrogen and oxygen atoms in total. The van der Waals surface area contributed by atoms with Crippen molar-refractivity contribution in [3.63, 3.8) is 0 Å². The highest BCUT2D eigenvalue weighted by atomic mass is 16.1. The summed E-state index contributed by atoms with van der Waals surface area (Å²) in [4.78, 5) is 14.1. The zero-order valence-corrected chi connectivity index (χ0v) is 10.1. The maximum absolute atomic E-state index is 11.2. The number of H-pyrrole nitrogens is 1. The zero-order chi connectivity index (χ0) is 12.5. The quantitative estimate of drug-likeness (QED) is 0.688. The van der Waals surface area contributed by atoms with Gasteiger partial charge in [0.25, 0.3) is 0 Å². The summed E-state index contributed by atoms with van der Waals surface area (Å²) in [5, 5.41) is 1.05. The Morgan fingerprint density at radius 1 is 0.944 bits per heavy atom. The van der Waals surface area contributed by atoms with Crippen LogP contribution in [0.5, 0.6) is 0 Å². The molecular formula is C16H13NO. The van der Waals surface area contributed by atoms with E-state index in [1.807, 2.05) is 30.3 Å². The van der Waals surface area contributed by atoms with Crippen LogP contribution in [0.3, 0.4) is 0 Å². The molecule has 0 aliphatic carbocycles. The van der Waals surface area contributed by atoms with Crippen LogP contribution in [0.2, 0.25) is 0 Å². The van der Waals surface area contributed by atoms with Crippen molar-refractivity contribution in [3.8, 4) is 11.1 Å². The van der Waals surface area contributed by atoms with Gasteiger partial charge < -0.3 is 4.98 Å². The molecule has 1 heterocycles. The lowest BCUT2D eigenvalue weighted by Crippen LogP contribution is -2.02. The minimum absolute atomic E-state index is 0.0638. The topological polar surface area (TPSA) is 32.9 Å². The first-order valence-electron chi connectivity index (χ1n) is 5.93. The Morgan fingerprint density at radius 2 is 1.78 bits per heavy atom. The van der Waals surface area contributed by atoms with Gasteiger partial charge in [-0.2, -0.15) is 0 Å². The third kappa shape index (κ3) is 1.82. The van der Waals surface area contributed by atoms with Crippen molar-refractivity contribution in [2.24, 2.45) is 0 Å². The first-order chi connectivity index (χ1) is 8.74. The summed E-state index contributed by atoms with van der Waals surface area (Å²) < 4.78 is 0. The number of nitrogens with one attached hydrogen (secondary N) is 1. The molecule has 2 heteroatoms. The molecule has 0 atom stereocenters. The summed E-state index contributed by atoms with van der Waals surface area (Å²) in [5.74, 6) is 0. The van der Waals surface area contributed by atoms with E-state index >= 15 is 0 Å². The molecule has 0 unspecified atom stereocenters. The average Bonchev–Trinajstić information content (AvgIpc) is 2.39. The van der Waals surface area contributed by atoms with Crippen molar-refractivity contribution >= 4 is 10.9 Å². The van der Waals surface area contributed by atoms with Gasteiger partial charge in [0.15, 0.2) is 0 Å². The van der Waals surface area contributed by atoms with Gasteiger partial charge in [-0.15, -0.1) is 0 Å². The van der Waals surface area contributed by atoms with E-state index in [-0.39, 0.29) is 5.56 Å². The van der Waals surface area contributed by atoms with Crippen LogP contribution in [0, 0.1) is 6.92 Å². The molecule has 2 aromatic carbocycles. The molecule has 88 valence electrons. The molecule has 0 saturated carbocycles. The van der Waals surface area contributed by atoms with E-state index in [2.05, 4.69) is 30.1 Å². The van der Waals surface area contributed by atoms with Crippen molar-refractivity contribution in [1.29, 1.82) is 0 Å². The average molecular weight is 235 g/mol. The number of hydrogen-bond donors (Lipinski definition) is 1. The molecule has 0 aliphatic rings. The lowest BCUT2D eigenvalue weighted by molar-refractivity contribution is 1.31. The van der Waals surface area contributed by atoms with Gasteiger partial charge in [0.05, 0.1) is 0 Å². The van der Waals surface area contributed by atoms with Gasteiger partial charge in [0.2, 0.25) is 5.56 Å². The van der Waals surface area contributed by atoms with E-state index in [4.69, 9.17) is 0 Å². The normalized spacial score (nSPS) is 10.7. The molecule has 3 rings (SSSR count). The summed E-state index contributed by atoms with van der Waals surface area (Å²) in [7, 11) is 0. The van der Waals surface area contributed by atoms with Crippen LogP contribution < -0.4 is 5.56 Å². The minimum atomic E-state index is -0.0638. The van der Waals surface area contributed by atoms with Crippen LogP contribution >= 0.6 is 0 Å². The summed E-state index contributed by atoms with van der Waals surface area (Å²) in [6.07, 6.45) is 0. The molecule has 1 aromatic heterocycles. The Balaban J connectivity index is 2.23. The standard InChI is InChI=1S/C16H13NO/c1-11-4-2-3-5-14(11)12-6-8-15-13(10-12)7-9-16(18)17-15/h2-10H,1H3,(H,17,18). The zero-order valence-electron chi connectivity index (χ0n) is 10.1. The lowest BCUT2D eigenvalue weighted by Gasteiger charge is -2.07. The van der Waals surface area contributed by atoms with E-state index in [1.165, 1.54) is 16.7 Å². The molecule has 0 radical (unpaired) electrons. The Bertz CT molecular complexity index is 771. The molecule has 0 bridgehead atoms. The SMILES string of the molecule is Cc1ccccc1-c1ccc2[nH]c(=O)ccc2c1. The van der Waals surface area contributed by atoms with Crippen LogP contribution in [0.15, 0.2) is 59.4 Å². The fraction of sp³-hybridized carbons (Fsp3) is 0.0625. The van der Waals surface area contributed by atoms with E-state index in [0.29, 0.717) is 0 Å². The number of aryl methyl sites for hydroxylation is 1.